The van der Waals surface area contributed by atoms with Crippen molar-refractivity contribution in [2.45, 2.75) is 41.5 Å². The number of hydrogen-bond acceptors (Lipinski definition) is 15. The van der Waals surface area contributed by atoms with Gasteiger partial charge in [-0.15, -0.1) is 0 Å². The Hall–Kier alpha value is -11.7. The summed E-state index contributed by atoms with van der Waals surface area (Å²) in [6.45, 7) is 10.9. The van der Waals surface area contributed by atoms with Gasteiger partial charge in [-0.25, -0.2) is 0 Å². The lowest BCUT2D eigenvalue weighted by Gasteiger charge is -2.12. The number of likely N-dealkylation sites (N-methyl/N-ethyl adjacent to an activating group) is 3. The van der Waals surface area contributed by atoms with E-state index in [2.05, 4.69) is 30.9 Å². The molecule has 3 amide bonds. The van der Waals surface area contributed by atoms with Gasteiger partial charge in [0.2, 0.25) is 17.6 Å². The highest BCUT2D eigenvalue weighted by molar-refractivity contribution is 6.32. The van der Waals surface area contributed by atoms with Gasteiger partial charge in [-0.2, -0.15) is 30.7 Å². The molecule has 0 fully saturated rings. The number of hydrogen-bond donors (Lipinski definition) is 3. The first-order valence-corrected chi connectivity index (χ1v) is 29.1. The highest BCUT2D eigenvalue weighted by atomic mass is 35.5. The molecule has 6 aromatic heterocycles. The van der Waals surface area contributed by atoms with Gasteiger partial charge in [0.15, 0.2) is 0 Å². The van der Waals surface area contributed by atoms with Gasteiger partial charge in [-0.05, 0) is 166 Å². The lowest BCUT2D eigenvalue weighted by atomic mass is 10.1. The topological polar surface area (TPSA) is 289 Å². The zero-order chi connectivity index (χ0) is 67.6. The van der Waals surface area contributed by atoms with Crippen molar-refractivity contribution in [3.63, 3.8) is 0 Å². The molecule has 0 unspecified atom stereocenters. The number of nitrogens with one attached hydrogen (secondary N) is 3. The second-order valence-electron chi connectivity index (χ2n) is 20.0. The Balaban J connectivity index is 0.000000188. The summed E-state index contributed by atoms with van der Waals surface area (Å²) in [5.41, 5.74) is 3.76. The first-order valence-electron chi connectivity index (χ1n) is 28.0. The van der Waals surface area contributed by atoms with Gasteiger partial charge in [0.25, 0.3) is 34.4 Å². The van der Waals surface area contributed by atoms with E-state index in [1.54, 1.807) is 110 Å². The van der Waals surface area contributed by atoms with E-state index in [4.69, 9.17) is 49.0 Å². The minimum absolute atomic E-state index is 0.0114. The van der Waals surface area contributed by atoms with Gasteiger partial charge in [-0.1, -0.05) is 89.4 Å². The maximum Gasteiger partial charge on any atom is 0.269 e. The molecule has 3 N–H and O–H groups in total. The van der Waals surface area contributed by atoms with E-state index in [1.807, 2.05) is 96.1 Å². The van der Waals surface area contributed by atoms with Crippen molar-refractivity contribution in [2.24, 2.45) is 0 Å². The van der Waals surface area contributed by atoms with E-state index in [-0.39, 0.29) is 51.0 Å². The highest BCUT2D eigenvalue weighted by Gasteiger charge is 2.22. The Kier molecular flexibility index (Phi) is 23.4. The minimum atomic E-state index is -0.616. The zero-order valence-electron chi connectivity index (χ0n) is 51.4. The molecule has 10 aromatic rings. The second kappa shape index (κ2) is 31.7. The summed E-state index contributed by atoms with van der Waals surface area (Å²) in [6, 6.07) is 43.1. The van der Waals surface area contributed by atoms with Crippen LogP contribution in [-0.4, -0.2) is 67.0 Å². The van der Waals surface area contributed by atoms with Crippen LogP contribution in [0.3, 0.4) is 0 Å². The van der Waals surface area contributed by atoms with E-state index >= 15 is 0 Å². The SMILES string of the molecule is CNC(=O)/C(C#N)=C/c1c(Oc2ccc(Cl)c(C)c2)nc2c(C)cccn2c1=O.CNC(=O)/C(C#N)=C/c1c(Oc2ccc(Cl)c(C)c2)nc2c(C)cccn2c1=O.CNC(=O)/C(C#N)=C/c1c(Oc2ccc(Cl)c(C)c2)nc2c(C)cccn2c1=O.c1ccccc1. The van der Waals surface area contributed by atoms with Crippen molar-refractivity contribution in [1.29, 1.82) is 15.8 Å². The summed E-state index contributed by atoms with van der Waals surface area (Å²) >= 11 is 18.2. The number of nitriles is 3. The van der Waals surface area contributed by atoms with Crippen LogP contribution in [0.2, 0.25) is 15.1 Å². The average Bonchev–Trinajstić information content (AvgIpc) is 0.814. The molecule has 0 aliphatic carbocycles. The fourth-order valence-corrected chi connectivity index (χ4v) is 8.88. The fourth-order valence-electron chi connectivity index (χ4n) is 8.52. The Morgan fingerprint density at radius 2 is 0.656 bits per heavy atom. The molecule has 0 spiro atoms. The van der Waals surface area contributed by atoms with E-state index in [0.29, 0.717) is 49.3 Å². The standard InChI is InChI=1S/3C21H17ClN4O3.C6H6/c3*1-12-5-4-8-26-18(12)25-20(29-15-6-7-17(22)13(2)9-15)16(21(26)28)10-14(11-23)19(27)24-3;1-2-4-6-5-3-1/h3*4-10H,1-3H3,(H,24,27);1-6H/b3*14-10+;. The summed E-state index contributed by atoms with van der Waals surface area (Å²) in [7, 11) is 4.20. The molecule has 0 aliphatic heterocycles. The van der Waals surface area contributed by atoms with Crippen LogP contribution in [0, 0.1) is 75.5 Å². The summed E-state index contributed by atoms with van der Waals surface area (Å²) in [5.74, 6) is -0.619. The first kappa shape index (κ1) is 68.8. The number of pyridine rings is 3. The number of aromatic nitrogens is 6. The van der Waals surface area contributed by atoms with Crippen LogP contribution in [0.1, 0.15) is 50.1 Å². The van der Waals surface area contributed by atoms with E-state index in [0.717, 1.165) is 33.4 Å². The van der Waals surface area contributed by atoms with Crippen LogP contribution in [0.5, 0.6) is 34.9 Å². The van der Waals surface area contributed by atoms with Crippen molar-refractivity contribution in [3.8, 4) is 53.1 Å². The van der Waals surface area contributed by atoms with Gasteiger partial charge in [-0.3, -0.25) is 42.0 Å². The van der Waals surface area contributed by atoms with Crippen LogP contribution in [-0.2, 0) is 14.4 Å². The highest BCUT2D eigenvalue weighted by Crippen LogP contribution is 2.31. The number of benzene rings is 4. The molecule has 468 valence electrons. The van der Waals surface area contributed by atoms with Crippen molar-refractivity contribution < 1.29 is 28.6 Å². The molecule has 0 atom stereocenters. The minimum Gasteiger partial charge on any atom is -0.438 e. The molecule has 0 bridgehead atoms. The molecule has 0 aliphatic rings. The molecule has 24 heteroatoms. The number of nitrogens with zero attached hydrogens (tertiary/aromatic N) is 9. The van der Waals surface area contributed by atoms with E-state index in [9.17, 15) is 44.6 Å². The maximum atomic E-state index is 13.1. The van der Waals surface area contributed by atoms with E-state index < -0.39 is 34.4 Å². The number of aryl methyl sites for hydroxylation is 6. The van der Waals surface area contributed by atoms with Crippen LogP contribution >= 0.6 is 34.8 Å². The zero-order valence-corrected chi connectivity index (χ0v) is 53.7. The normalized spacial score (nSPS) is 11.0. The monoisotopic (exact) mass is 1300 g/mol. The number of halogens is 3. The van der Waals surface area contributed by atoms with Gasteiger partial charge in [0.05, 0.1) is 0 Å². The molecule has 6 heterocycles. The molecule has 10 rings (SSSR count). The predicted molar refractivity (Wildman–Crippen MR) is 357 cm³/mol. The van der Waals surface area contributed by atoms with Crippen molar-refractivity contribution in [3.05, 3.63) is 259 Å². The molecular weight excluding hydrogens is 1250 g/mol. The Morgan fingerprint density at radius 3 is 0.871 bits per heavy atom. The molecule has 0 radical (unpaired) electrons. The maximum absolute atomic E-state index is 13.1. The van der Waals surface area contributed by atoms with Crippen molar-refractivity contribution in [1.82, 2.24) is 44.1 Å². The summed E-state index contributed by atoms with van der Waals surface area (Å²) in [4.78, 5) is 88.6. The van der Waals surface area contributed by atoms with Crippen LogP contribution in [0.15, 0.2) is 177 Å². The summed E-state index contributed by atoms with van der Waals surface area (Å²) in [5, 5.41) is 36.8. The number of amides is 3. The number of rotatable bonds is 12. The molecule has 0 saturated carbocycles. The number of fused-ring (bicyclic) bond motifs is 3. The summed E-state index contributed by atoms with van der Waals surface area (Å²) < 4.78 is 21.7. The van der Waals surface area contributed by atoms with Crippen molar-refractivity contribution in [2.75, 3.05) is 21.1 Å². The smallest absolute Gasteiger partial charge is 0.269 e. The lowest BCUT2D eigenvalue weighted by Crippen LogP contribution is -2.22. The molecule has 93 heavy (non-hydrogen) atoms. The van der Waals surface area contributed by atoms with E-state index in [1.165, 1.54) is 52.6 Å². The number of carbonyl (C=O) groups is 3. The average molecular weight is 1300 g/mol. The van der Waals surface area contributed by atoms with Gasteiger partial charge in [0.1, 0.15) is 85.8 Å². The Labute approximate surface area is 547 Å². The lowest BCUT2D eigenvalue weighted by molar-refractivity contribution is -0.117. The molecule has 21 nitrogen and oxygen atoms in total. The number of carbonyl (C=O) groups excluding carboxylic acids is 3. The second-order valence-corrected chi connectivity index (χ2v) is 21.2. The van der Waals surface area contributed by atoms with Crippen molar-refractivity contribution >= 4 is 87.7 Å². The van der Waals surface area contributed by atoms with Crippen LogP contribution < -0.4 is 46.8 Å². The molecule has 4 aromatic carbocycles. The molecule has 0 saturated heterocycles. The van der Waals surface area contributed by atoms with Gasteiger partial charge >= 0.3 is 0 Å². The Bertz CT molecular complexity index is 4490. The largest absolute Gasteiger partial charge is 0.438 e. The van der Waals surface area contributed by atoms with Crippen LogP contribution in [0.4, 0.5) is 0 Å². The Morgan fingerprint density at radius 1 is 0.409 bits per heavy atom. The van der Waals surface area contributed by atoms with Gasteiger partial charge in [0, 0.05) is 54.8 Å². The third-order valence-corrected chi connectivity index (χ3v) is 14.8. The fraction of sp³-hybridized carbons (Fsp3) is 0.130. The third kappa shape index (κ3) is 16.8. The summed E-state index contributed by atoms with van der Waals surface area (Å²) in [6.07, 6.45) is 8.24. The third-order valence-electron chi connectivity index (χ3n) is 13.5. The quantitative estimate of drug-likeness (QED) is 0.0757. The van der Waals surface area contributed by atoms with Gasteiger partial charge < -0.3 is 30.2 Å². The van der Waals surface area contributed by atoms with Crippen LogP contribution in [0.25, 0.3) is 35.2 Å². The predicted octanol–water partition coefficient (Wildman–Crippen LogP) is 11.9. The molecular formula is C69H57Cl3N12O9. The number of ether oxygens (including phenoxy) is 3. The first-order chi connectivity index (χ1) is 44.5.